The van der Waals surface area contributed by atoms with Crippen molar-refractivity contribution in [3.63, 3.8) is 0 Å². The molecule has 0 saturated heterocycles. The van der Waals surface area contributed by atoms with E-state index in [0.717, 1.165) is 42.0 Å². The Hall–Kier alpha value is -1.73. The van der Waals surface area contributed by atoms with E-state index in [0.29, 0.717) is 6.61 Å². The van der Waals surface area contributed by atoms with E-state index in [1.54, 1.807) is 7.11 Å². The molecule has 0 fully saturated rings. The Bertz CT molecular complexity index is 858. The van der Waals surface area contributed by atoms with E-state index in [9.17, 15) is 9.59 Å². The van der Waals surface area contributed by atoms with E-state index in [-0.39, 0.29) is 44.2 Å². The maximum Gasteiger partial charge on any atom is 0.236 e. The van der Waals surface area contributed by atoms with Crippen molar-refractivity contribution in [1.29, 1.82) is 0 Å². The van der Waals surface area contributed by atoms with Crippen LogP contribution in [0, 0.1) is 13.8 Å². The number of aryl methyl sites for hydroxylation is 2. The van der Waals surface area contributed by atoms with Crippen LogP contribution in [-0.2, 0) is 43.9 Å². The summed E-state index contributed by atoms with van der Waals surface area (Å²) in [7, 11) is 1.63. The third-order valence-electron chi connectivity index (χ3n) is 5.08. The molecule has 1 amide bonds. The molecule has 1 aromatic heterocycles. The molecule has 1 aromatic carbocycles. The van der Waals surface area contributed by atoms with Gasteiger partial charge in [-0.3, -0.25) is 4.79 Å². The molecule has 187 valence electrons. The molecule has 2 rings (SSSR count). The van der Waals surface area contributed by atoms with Gasteiger partial charge in [0.2, 0.25) is 5.56 Å². The first-order chi connectivity index (χ1) is 16.0. The van der Waals surface area contributed by atoms with Crippen LogP contribution in [0.5, 0.6) is 11.5 Å². The van der Waals surface area contributed by atoms with E-state index < -0.39 is 0 Å². The second kappa shape index (κ2) is 20.6. The number of anilines is 1. The van der Waals surface area contributed by atoms with E-state index in [4.69, 9.17) is 9.47 Å². The number of aromatic amines is 1. The van der Waals surface area contributed by atoms with Gasteiger partial charge in [-0.25, -0.2) is 0 Å². The van der Waals surface area contributed by atoms with Crippen LogP contribution in [0.1, 0.15) is 76.0 Å². The molecule has 2 aromatic rings. The number of ether oxygens (including phenoxy) is 2. The smallest absolute Gasteiger partial charge is 0.236 e. The largest absolute Gasteiger partial charge is 0.522 e. The number of rotatable bonds is 15. The number of unbranched alkanes of at least 4 members (excludes halogenated alkanes) is 8. The number of nitrogens with zero attached hydrogens (tertiary/aromatic N) is 1. The molecule has 0 bridgehead atoms. The molecule has 0 unspecified atom stereocenters. The van der Waals surface area contributed by atoms with Gasteiger partial charge in [-0.05, 0) is 44.1 Å². The van der Waals surface area contributed by atoms with Crippen LogP contribution in [-0.4, -0.2) is 30.1 Å². The van der Waals surface area contributed by atoms with E-state index in [2.05, 4.69) is 29.1 Å². The number of nitrogens with one attached hydrogen (secondary N) is 2. The van der Waals surface area contributed by atoms with Crippen molar-refractivity contribution in [2.45, 2.75) is 78.1 Å². The molecule has 1 heterocycles. The zero-order chi connectivity index (χ0) is 24.3. The molecule has 0 aliphatic rings. The normalized spacial score (nSPS) is 9.88. The van der Waals surface area contributed by atoms with Crippen LogP contribution in [0.25, 0.3) is 0 Å². The second-order valence-electron chi connectivity index (χ2n) is 7.89. The number of hydrogen-bond donors (Lipinski definition) is 2. The third-order valence-corrected chi connectivity index (χ3v) is 5.08. The topological polar surface area (TPSA) is 93.3 Å². The average Bonchev–Trinajstić information content (AvgIpc) is 2.79. The summed E-state index contributed by atoms with van der Waals surface area (Å²) >= 11 is 0. The number of aromatic nitrogens is 2. The monoisotopic (exact) mass is 546 g/mol. The Kier molecular flexibility index (Phi) is 19.6. The van der Waals surface area contributed by atoms with Gasteiger partial charge in [0.1, 0.15) is 0 Å². The van der Waals surface area contributed by atoms with Crippen molar-refractivity contribution in [1.82, 2.24) is 9.97 Å². The zero-order valence-electron chi connectivity index (χ0n) is 21.0. The maximum absolute atomic E-state index is 11.4. The van der Waals surface area contributed by atoms with E-state index >= 15 is 0 Å². The van der Waals surface area contributed by atoms with Crippen molar-refractivity contribution >= 4 is 12.4 Å². The molecule has 0 saturated carbocycles. The van der Waals surface area contributed by atoms with Crippen LogP contribution in [0.3, 0.4) is 0 Å². The Morgan fingerprint density at radius 2 is 1.68 bits per heavy atom. The predicted molar refractivity (Wildman–Crippen MR) is 134 cm³/mol. The minimum absolute atomic E-state index is 0. The van der Waals surface area contributed by atoms with Crippen LogP contribution < -0.4 is 20.3 Å². The summed E-state index contributed by atoms with van der Waals surface area (Å²) in [4.78, 5) is 28.2. The van der Waals surface area contributed by atoms with Gasteiger partial charge in [0.15, 0.2) is 11.5 Å². The molecule has 1 radical (unpaired) electrons. The summed E-state index contributed by atoms with van der Waals surface area (Å²) in [5.74, 6) is 1.68. The van der Waals surface area contributed by atoms with Gasteiger partial charge in [0.25, 0.3) is 0 Å². The summed E-state index contributed by atoms with van der Waals surface area (Å²) < 4.78 is 10.4. The number of carbonyl (C=O) groups excluding carboxylic acids is 1. The van der Waals surface area contributed by atoms with Crippen molar-refractivity contribution in [3.8, 4) is 11.5 Å². The molecule has 0 atom stereocenters. The molecule has 2 N–H and O–H groups in total. The van der Waals surface area contributed by atoms with Crippen LogP contribution in [0.15, 0.2) is 29.1 Å². The second-order valence-corrected chi connectivity index (χ2v) is 7.89. The molecule has 0 aliphatic carbocycles. The molecule has 34 heavy (non-hydrogen) atoms. The molecule has 0 aliphatic heterocycles. The Morgan fingerprint density at radius 3 is 2.26 bits per heavy atom. The molecular formula is C26H39N3O4Y-2. The fourth-order valence-electron chi connectivity index (χ4n) is 3.36. The van der Waals surface area contributed by atoms with E-state index in [1.807, 2.05) is 25.1 Å². The summed E-state index contributed by atoms with van der Waals surface area (Å²) in [5.41, 5.74) is 1.64. The fraction of sp³-hybridized carbons (Fsp3) is 0.538. The molecule has 0 spiro atoms. The number of benzene rings is 1. The molecular weight excluding hydrogens is 507 g/mol. The van der Waals surface area contributed by atoms with Gasteiger partial charge in [-0.1, -0.05) is 64.4 Å². The Morgan fingerprint density at radius 1 is 1.03 bits per heavy atom. The van der Waals surface area contributed by atoms with Gasteiger partial charge in [0, 0.05) is 44.5 Å². The van der Waals surface area contributed by atoms with Crippen molar-refractivity contribution < 1.29 is 47.0 Å². The van der Waals surface area contributed by atoms with Gasteiger partial charge in [0.05, 0.1) is 19.5 Å². The summed E-state index contributed by atoms with van der Waals surface area (Å²) in [6, 6.07) is 7.29. The number of hydrogen-bond acceptors (Lipinski definition) is 5. The third kappa shape index (κ3) is 14.5. The quantitative estimate of drug-likeness (QED) is 0.174. The first-order valence-electron chi connectivity index (χ1n) is 11.8. The molecule has 8 heteroatoms. The number of H-pyrrole nitrogens is 1. The fourth-order valence-corrected chi connectivity index (χ4v) is 3.36. The van der Waals surface area contributed by atoms with Crippen molar-refractivity contribution in [3.05, 3.63) is 52.8 Å². The standard InChI is InChI=1S/C16H26N3O2.C10H13O2.Y/c1-2-3-4-5-6-7-8-9-10-11-14-12-15(21)19-16(18-14)17-13-20;1-4-12-9-6-5-8(2)7-10(9)11-3;/h12H,2-11H2,1H3,(H2,17,18,19,20,21);5-7H,1,4H2,2-3H3;/q2*-1;. The SMILES string of the molecule is CCCCCCCCCCCc1cc(=O)[nH]c(N[C-]=O)n1.[CH2-]COc1ccc(C)cc1OC.[Y]. The summed E-state index contributed by atoms with van der Waals surface area (Å²) in [6.07, 6.45) is 13.7. The minimum Gasteiger partial charge on any atom is -0.522 e. The van der Waals surface area contributed by atoms with Gasteiger partial charge in [-0.15, -0.1) is 0 Å². The predicted octanol–water partition coefficient (Wildman–Crippen LogP) is 5.54. The Labute approximate surface area is 229 Å². The average molecular weight is 547 g/mol. The zero-order valence-corrected chi connectivity index (χ0v) is 23.8. The van der Waals surface area contributed by atoms with Gasteiger partial charge in [-0.2, -0.15) is 0 Å². The van der Waals surface area contributed by atoms with Gasteiger partial charge < -0.3 is 36.5 Å². The first-order valence-corrected chi connectivity index (χ1v) is 11.8. The summed E-state index contributed by atoms with van der Waals surface area (Å²) in [6.45, 7) is 8.26. The van der Waals surface area contributed by atoms with Crippen LogP contribution in [0.4, 0.5) is 5.95 Å². The Balaban J connectivity index is 0.000000713. The van der Waals surface area contributed by atoms with Crippen molar-refractivity contribution in [2.24, 2.45) is 0 Å². The summed E-state index contributed by atoms with van der Waals surface area (Å²) in [5, 5.41) is 2.25. The maximum atomic E-state index is 11.4. The van der Waals surface area contributed by atoms with Crippen LogP contribution in [0.2, 0.25) is 0 Å². The van der Waals surface area contributed by atoms with E-state index in [1.165, 1.54) is 57.4 Å². The number of methoxy groups -OCH3 is 1. The minimum atomic E-state index is -0.242. The van der Waals surface area contributed by atoms with Crippen molar-refractivity contribution in [2.75, 3.05) is 19.0 Å². The number of amides is 1. The molecule has 7 nitrogen and oxygen atoms in total. The first kappa shape index (κ1) is 32.3. The van der Waals surface area contributed by atoms with Crippen LogP contribution >= 0.6 is 0 Å². The van der Waals surface area contributed by atoms with Gasteiger partial charge >= 0.3 is 0 Å².